The van der Waals surface area contributed by atoms with Gasteiger partial charge in [0.25, 0.3) is 0 Å². The summed E-state index contributed by atoms with van der Waals surface area (Å²) >= 11 is 0. The summed E-state index contributed by atoms with van der Waals surface area (Å²) in [6.45, 7) is 0. The molecule has 3 rings (SSSR count). The van der Waals surface area contributed by atoms with E-state index in [1.54, 1.807) is 12.1 Å². The fourth-order valence-electron chi connectivity index (χ4n) is 2.63. The van der Waals surface area contributed by atoms with E-state index in [1.807, 2.05) is 43.3 Å². The van der Waals surface area contributed by atoms with Gasteiger partial charge >= 0.3 is 0 Å². The average Bonchev–Trinajstić information content (AvgIpc) is 3.30. The number of benzene rings is 2. The van der Waals surface area contributed by atoms with Gasteiger partial charge in [0.1, 0.15) is 5.82 Å². The molecule has 0 radical (unpaired) electrons. The van der Waals surface area contributed by atoms with Crippen LogP contribution < -0.4 is 10.2 Å². The number of carbonyl (C=O) groups excluding carboxylic acids is 1. The Labute approximate surface area is 129 Å². The van der Waals surface area contributed by atoms with Gasteiger partial charge in [-0.2, -0.15) is 0 Å². The van der Waals surface area contributed by atoms with Crippen molar-refractivity contribution < 1.29 is 9.18 Å². The minimum Gasteiger partial charge on any atom is -0.378 e. The zero-order valence-electron chi connectivity index (χ0n) is 12.8. The molecule has 4 heteroatoms. The Morgan fingerprint density at radius 2 is 1.64 bits per heavy atom. The molecule has 1 N–H and O–H groups in total. The smallest absolute Gasteiger partial charge is 0.235 e. The minimum atomic E-state index is -0.492. The van der Waals surface area contributed by atoms with Crippen LogP contribution in [-0.2, 0) is 10.2 Å². The summed E-state index contributed by atoms with van der Waals surface area (Å²) in [4.78, 5) is 14.6. The summed E-state index contributed by atoms with van der Waals surface area (Å²) in [6.07, 6.45) is 1.61. The maximum absolute atomic E-state index is 13.0. The van der Waals surface area contributed by atoms with Crippen molar-refractivity contribution in [1.29, 1.82) is 0 Å². The van der Waals surface area contributed by atoms with Gasteiger partial charge in [0, 0.05) is 25.5 Å². The second kappa shape index (κ2) is 5.44. The molecule has 0 heterocycles. The first-order chi connectivity index (χ1) is 10.5. The number of nitrogens with zero attached hydrogens (tertiary/aromatic N) is 1. The summed E-state index contributed by atoms with van der Waals surface area (Å²) in [6, 6.07) is 14.0. The van der Waals surface area contributed by atoms with Crippen molar-refractivity contribution in [2.45, 2.75) is 18.3 Å². The number of hydrogen-bond acceptors (Lipinski definition) is 2. The molecule has 0 aromatic heterocycles. The van der Waals surface area contributed by atoms with Gasteiger partial charge in [-0.25, -0.2) is 4.39 Å². The highest BCUT2D eigenvalue weighted by atomic mass is 19.1. The Bertz CT molecular complexity index is 673. The summed E-state index contributed by atoms with van der Waals surface area (Å²) in [5, 5.41) is 2.97. The third-order valence-corrected chi connectivity index (χ3v) is 4.22. The number of carbonyl (C=O) groups is 1. The van der Waals surface area contributed by atoms with Gasteiger partial charge in [0.05, 0.1) is 5.41 Å². The maximum atomic E-state index is 13.0. The number of rotatable bonds is 4. The molecule has 1 saturated carbocycles. The van der Waals surface area contributed by atoms with E-state index in [-0.39, 0.29) is 11.7 Å². The third-order valence-electron chi connectivity index (χ3n) is 4.22. The molecule has 3 nitrogen and oxygen atoms in total. The predicted molar refractivity (Wildman–Crippen MR) is 86.7 cm³/mol. The highest BCUT2D eigenvalue weighted by molar-refractivity contribution is 6.01. The Balaban J connectivity index is 1.75. The minimum absolute atomic E-state index is 0.0169. The van der Waals surface area contributed by atoms with Crippen LogP contribution in [0.2, 0.25) is 0 Å². The molecule has 0 unspecified atom stereocenters. The number of nitrogens with one attached hydrogen (secondary N) is 1. The van der Waals surface area contributed by atoms with Gasteiger partial charge in [0.15, 0.2) is 0 Å². The van der Waals surface area contributed by atoms with Crippen molar-refractivity contribution in [3.8, 4) is 0 Å². The molecule has 22 heavy (non-hydrogen) atoms. The van der Waals surface area contributed by atoms with Crippen LogP contribution in [0.15, 0.2) is 48.5 Å². The predicted octanol–water partition coefficient (Wildman–Crippen LogP) is 3.56. The SMILES string of the molecule is CN(C)c1ccc(NC(=O)C2(c3ccc(F)cc3)CC2)cc1. The number of halogens is 1. The van der Waals surface area contributed by atoms with Crippen LogP contribution in [0, 0.1) is 5.82 Å². The monoisotopic (exact) mass is 298 g/mol. The van der Waals surface area contributed by atoms with Crippen LogP contribution in [0.5, 0.6) is 0 Å². The lowest BCUT2D eigenvalue weighted by Gasteiger charge is -2.17. The number of hydrogen-bond donors (Lipinski definition) is 1. The Morgan fingerprint density at radius 3 is 2.14 bits per heavy atom. The average molecular weight is 298 g/mol. The van der Waals surface area contributed by atoms with Gasteiger partial charge in [0.2, 0.25) is 5.91 Å². The van der Waals surface area contributed by atoms with Crippen LogP contribution in [0.3, 0.4) is 0 Å². The van der Waals surface area contributed by atoms with E-state index in [4.69, 9.17) is 0 Å². The number of anilines is 2. The summed E-state index contributed by atoms with van der Waals surface area (Å²) < 4.78 is 13.0. The van der Waals surface area contributed by atoms with E-state index in [9.17, 15) is 9.18 Å². The lowest BCUT2D eigenvalue weighted by atomic mass is 9.95. The largest absolute Gasteiger partial charge is 0.378 e. The zero-order valence-corrected chi connectivity index (χ0v) is 12.8. The van der Waals surface area contributed by atoms with E-state index in [2.05, 4.69) is 5.32 Å². The second-order valence-corrected chi connectivity index (χ2v) is 5.98. The Hall–Kier alpha value is -2.36. The van der Waals surface area contributed by atoms with Crippen molar-refractivity contribution >= 4 is 17.3 Å². The number of amides is 1. The first-order valence-corrected chi connectivity index (χ1v) is 7.36. The fraction of sp³-hybridized carbons (Fsp3) is 0.278. The lowest BCUT2D eigenvalue weighted by molar-refractivity contribution is -0.118. The molecule has 0 spiro atoms. The van der Waals surface area contributed by atoms with Crippen LogP contribution in [0.4, 0.5) is 15.8 Å². The van der Waals surface area contributed by atoms with Crippen LogP contribution in [-0.4, -0.2) is 20.0 Å². The summed E-state index contributed by atoms with van der Waals surface area (Å²) in [7, 11) is 3.95. The van der Waals surface area contributed by atoms with Gasteiger partial charge in [-0.1, -0.05) is 12.1 Å². The summed E-state index contributed by atoms with van der Waals surface area (Å²) in [5.74, 6) is -0.295. The third kappa shape index (κ3) is 2.69. The first-order valence-electron chi connectivity index (χ1n) is 7.36. The van der Waals surface area contributed by atoms with Gasteiger partial charge in [-0.3, -0.25) is 4.79 Å². The van der Waals surface area contributed by atoms with Crippen molar-refractivity contribution in [2.75, 3.05) is 24.3 Å². The second-order valence-electron chi connectivity index (χ2n) is 5.98. The molecule has 1 fully saturated rings. The molecule has 1 aliphatic rings. The van der Waals surface area contributed by atoms with E-state index < -0.39 is 5.41 Å². The molecule has 1 amide bonds. The van der Waals surface area contributed by atoms with E-state index in [1.165, 1.54) is 12.1 Å². The Kier molecular flexibility index (Phi) is 3.61. The normalized spacial score (nSPS) is 15.2. The van der Waals surface area contributed by atoms with Gasteiger partial charge in [-0.05, 0) is 54.8 Å². The Morgan fingerprint density at radius 1 is 1.05 bits per heavy atom. The van der Waals surface area contributed by atoms with Gasteiger partial charge in [-0.15, -0.1) is 0 Å². The van der Waals surface area contributed by atoms with E-state index in [0.29, 0.717) is 0 Å². The fourth-order valence-corrected chi connectivity index (χ4v) is 2.63. The van der Waals surface area contributed by atoms with Crippen molar-refractivity contribution in [3.05, 3.63) is 59.9 Å². The molecule has 0 atom stereocenters. The topological polar surface area (TPSA) is 32.3 Å². The van der Waals surface area contributed by atoms with Crippen molar-refractivity contribution in [3.63, 3.8) is 0 Å². The van der Waals surface area contributed by atoms with Crippen molar-refractivity contribution in [2.24, 2.45) is 0 Å². The highest BCUT2D eigenvalue weighted by Gasteiger charge is 2.51. The van der Waals surface area contributed by atoms with Crippen LogP contribution in [0.1, 0.15) is 18.4 Å². The molecule has 0 aliphatic heterocycles. The molecule has 0 saturated heterocycles. The van der Waals surface area contributed by atoms with Crippen LogP contribution in [0.25, 0.3) is 0 Å². The molecule has 2 aromatic carbocycles. The van der Waals surface area contributed by atoms with E-state index in [0.717, 1.165) is 29.8 Å². The molecule has 0 bridgehead atoms. The molecule has 1 aliphatic carbocycles. The molecular formula is C18H19FN2O. The zero-order chi connectivity index (χ0) is 15.7. The molecule has 114 valence electrons. The lowest BCUT2D eigenvalue weighted by Crippen LogP contribution is -2.27. The molecular weight excluding hydrogens is 279 g/mol. The first kappa shape index (κ1) is 14.6. The van der Waals surface area contributed by atoms with E-state index >= 15 is 0 Å². The van der Waals surface area contributed by atoms with Gasteiger partial charge < -0.3 is 10.2 Å². The molecule has 2 aromatic rings. The van der Waals surface area contributed by atoms with Crippen molar-refractivity contribution in [1.82, 2.24) is 0 Å². The van der Waals surface area contributed by atoms with Crippen LogP contribution >= 0.6 is 0 Å². The maximum Gasteiger partial charge on any atom is 0.235 e. The quantitative estimate of drug-likeness (QED) is 0.936. The highest BCUT2D eigenvalue weighted by Crippen LogP contribution is 2.49. The standard InChI is InChI=1S/C18H19FN2O/c1-21(2)16-9-7-15(8-10-16)20-17(22)18(11-12-18)13-3-5-14(19)6-4-13/h3-10H,11-12H2,1-2H3,(H,20,22). The summed E-state index contributed by atoms with van der Waals surface area (Å²) in [5.41, 5.74) is 2.26.